The summed E-state index contributed by atoms with van der Waals surface area (Å²) >= 11 is 0. The Morgan fingerprint density at radius 3 is 1.78 bits per heavy atom. The maximum absolute atomic E-state index is 2.44. The van der Waals surface area contributed by atoms with E-state index in [-0.39, 0.29) is 0 Å². The SMILES string of the molecule is CC1(C)[C@@H]2CCCC[C@@H]21. The third kappa shape index (κ3) is 0.653. The van der Waals surface area contributed by atoms with E-state index < -0.39 is 0 Å². The van der Waals surface area contributed by atoms with Gasteiger partial charge in [-0.3, -0.25) is 0 Å². The quantitative estimate of drug-likeness (QED) is 0.466. The number of hydrogen-bond acceptors (Lipinski definition) is 0. The van der Waals surface area contributed by atoms with E-state index in [0.717, 1.165) is 17.3 Å². The van der Waals surface area contributed by atoms with Gasteiger partial charge in [-0.1, -0.05) is 26.7 Å². The van der Waals surface area contributed by atoms with Crippen LogP contribution < -0.4 is 0 Å². The second-order valence-corrected chi connectivity index (χ2v) is 4.32. The Hall–Kier alpha value is 0. The third-order valence-corrected chi connectivity index (χ3v) is 3.57. The van der Waals surface area contributed by atoms with Gasteiger partial charge in [0.15, 0.2) is 0 Å². The van der Waals surface area contributed by atoms with Crippen LogP contribution in [0.5, 0.6) is 0 Å². The fourth-order valence-corrected chi connectivity index (χ4v) is 2.73. The minimum absolute atomic E-state index is 0.747. The molecule has 0 heterocycles. The lowest BCUT2D eigenvalue weighted by Crippen LogP contribution is -1.91. The normalized spacial score (nSPS) is 46.0. The van der Waals surface area contributed by atoms with E-state index in [9.17, 15) is 0 Å². The summed E-state index contributed by atoms with van der Waals surface area (Å²) in [6.07, 6.45) is 6.06. The van der Waals surface area contributed by atoms with Gasteiger partial charge >= 0.3 is 0 Å². The van der Waals surface area contributed by atoms with Gasteiger partial charge in [0.1, 0.15) is 0 Å². The first kappa shape index (κ1) is 5.76. The van der Waals surface area contributed by atoms with Gasteiger partial charge in [0, 0.05) is 0 Å². The monoisotopic (exact) mass is 124 g/mol. The molecule has 0 saturated heterocycles. The Bertz CT molecular complexity index is 110. The van der Waals surface area contributed by atoms with Gasteiger partial charge in [-0.15, -0.1) is 0 Å². The summed E-state index contributed by atoms with van der Waals surface area (Å²) in [6.45, 7) is 4.88. The Kier molecular flexibility index (Phi) is 0.980. The maximum Gasteiger partial charge on any atom is -0.0292 e. The van der Waals surface area contributed by atoms with Crippen molar-refractivity contribution in [2.75, 3.05) is 0 Å². The second kappa shape index (κ2) is 1.53. The molecule has 2 atom stereocenters. The van der Waals surface area contributed by atoms with Crippen molar-refractivity contribution in [2.24, 2.45) is 17.3 Å². The smallest absolute Gasteiger partial charge is 0.0292 e. The Morgan fingerprint density at radius 2 is 1.44 bits per heavy atom. The molecule has 0 aromatic carbocycles. The summed E-state index contributed by atoms with van der Waals surface area (Å²) in [5, 5.41) is 0. The van der Waals surface area contributed by atoms with Crippen LogP contribution >= 0.6 is 0 Å². The van der Waals surface area contributed by atoms with E-state index in [4.69, 9.17) is 0 Å². The molecule has 2 aliphatic rings. The molecule has 2 aliphatic carbocycles. The molecule has 0 radical (unpaired) electrons. The van der Waals surface area contributed by atoms with E-state index in [0.29, 0.717) is 0 Å². The summed E-state index contributed by atoms with van der Waals surface area (Å²) in [5.74, 6) is 2.23. The molecular weight excluding hydrogens is 108 g/mol. The van der Waals surface area contributed by atoms with Crippen molar-refractivity contribution in [1.82, 2.24) is 0 Å². The molecule has 0 unspecified atom stereocenters. The Morgan fingerprint density at radius 1 is 1.00 bits per heavy atom. The lowest BCUT2D eigenvalue weighted by molar-refractivity contribution is 0.480. The summed E-state index contributed by atoms with van der Waals surface area (Å²) in [7, 11) is 0. The van der Waals surface area contributed by atoms with Gasteiger partial charge in [-0.05, 0) is 30.1 Å². The van der Waals surface area contributed by atoms with Gasteiger partial charge in [0.2, 0.25) is 0 Å². The van der Waals surface area contributed by atoms with Gasteiger partial charge < -0.3 is 0 Å². The van der Waals surface area contributed by atoms with Crippen molar-refractivity contribution in [3.05, 3.63) is 0 Å². The first-order chi connectivity index (χ1) is 4.23. The Labute approximate surface area is 57.6 Å². The van der Waals surface area contributed by atoms with Crippen LogP contribution in [-0.4, -0.2) is 0 Å². The van der Waals surface area contributed by atoms with Crippen LogP contribution in [0.3, 0.4) is 0 Å². The first-order valence-electron chi connectivity index (χ1n) is 4.23. The largest absolute Gasteiger partial charge is 0.0594 e. The average Bonchev–Trinajstić information content (AvgIpc) is 2.39. The van der Waals surface area contributed by atoms with Crippen LogP contribution in [0.2, 0.25) is 0 Å². The molecule has 0 spiro atoms. The maximum atomic E-state index is 2.44. The lowest BCUT2D eigenvalue weighted by atomic mass is 10.0. The van der Waals surface area contributed by atoms with E-state index >= 15 is 0 Å². The van der Waals surface area contributed by atoms with Crippen LogP contribution in [0.4, 0.5) is 0 Å². The van der Waals surface area contributed by atoms with Gasteiger partial charge in [-0.25, -0.2) is 0 Å². The van der Waals surface area contributed by atoms with Gasteiger partial charge in [-0.2, -0.15) is 0 Å². The van der Waals surface area contributed by atoms with Crippen molar-refractivity contribution in [3.8, 4) is 0 Å². The first-order valence-corrected chi connectivity index (χ1v) is 4.23. The van der Waals surface area contributed by atoms with E-state index in [1.807, 2.05) is 0 Å². The summed E-state index contributed by atoms with van der Waals surface area (Å²) in [5.41, 5.74) is 0.747. The van der Waals surface area contributed by atoms with Crippen LogP contribution in [-0.2, 0) is 0 Å². The van der Waals surface area contributed by atoms with Crippen molar-refractivity contribution >= 4 is 0 Å². The van der Waals surface area contributed by atoms with E-state index in [2.05, 4.69) is 13.8 Å². The summed E-state index contributed by atoms with van der Waals surface area (Å²) < 4.78 is 0. The zero-order chi connectivity index (χ0) is 6.48. The zero-order valence-corrected chi connectivity index (χ0v) is 6.48. The van der Waals surface area contributed by atoms with Crippen LogP contribution in [0, 0.1) is 17.3 Å². The van der Waals surface area contributed by atoms with Crippen LogP contribution in [0.1, 0.15) is 39.5 Å². The second-order valence-electron chi connectivity index (χ2n) is 4.32. The molecule has 0 nitrogen and oxygen atoms in total. The lowest BCUT2D eigenvalue weighted by Gasteiger charge is -2.04. The average molecular weight is 124 g/mol. The van der Waals surface area contributed by atoms with Crippen molar-refractivity contribution in [2.45, 2.75) is 39.5 Å². The molecule has 52 valence electrons. The Balaban J connectivity index is 2.06. The van der Waals surface area contributed by atoms with Gasteiger partial charge in [0.05, 0.1) is 0 Å². The van der Waals surface area contributed by atoms with E-state index in [1.54, 1.807) is 0 Å². The standard InChI is InChI=1S/C9H16/c1-9(2)7-5-3-4-6-8(7)9/h7-8H,3-6H2,1-2H3/t7-,8+. The molecule has 0 bridgehead atoms. The molecule has 2 rings (SSSR count). The van der Waals surface area contributed by atoms with E-state index in [1.165, 1.54) is 25.7 Å². The fraction of sp³-hybridized carbons (Fsp3) is 1.00. The molecule has 0 heteroatoms. The number of fused-ring (bicyclic) bond motifs is 1. The summed E-state index contributed by atoms with van der Waals surface area (Å²) in [4.78, 5) is 0. The van der Waals surface area contributed by atoms with Crippen LogP contribution in [0.15, 0.2) is 0 Å². The molecule has 0 N–H and O–H groups in total. The molecule has 0 aromatic rings. The fourth-order valence-electron chi connectivity index (χ4n) is 2.73. The predicted molar refractivity (Wildman–Crippen MR) is 39.2 cm³/mol. The zero-order valence-electron chi connectivity index (χ0n) is 6.48. The highest BCUT2D eigenvalue weighted by atomic mass is 14.6. The van der Waals surface area contributed by atoms with Crippen molar-refractivity contribution in [3.63, 3.8) is 0 Å². The number of hydrogen-bond donors (Lipinski definition) is 0. The molecule has 9 heavy (non-hydrogen) atoms. The minimum atomic E-state index is 0.747. The molecular formula is C9H16. The molecule has 0 aromatic heterocycles. The highest BCUT2D eigenvalue weighted by Crippen LogP contribution is 2.64. The van der Waals surface area contributed by atoms with Crippen molar-refractivity contribution in [1.29, 1.82) is 0 Å². The predicted octanol–water partition coefficient (Wildman–Crippen LogP) is 2.83. The molecule has 0 aliphatic heterocycles. The molecule has 2 saturated carbocycles. The number of rotatable bonds is 0. The molecule has 2 fully saturated rings. The molecule has 0 amide bonds. The minimum Gasteiger partial charge on any atom is -0.0594 e. The topological polar surface area (TPSA) is 0 Å². The summed E-state index contributed by atoms with van der Waals surface area (Å²) in [6, 6.07) is 0. The van der Waals surface area contributed by atoms with Crippen LogP contribution in [0.25, 0.3) is 0 Å². The third-order valence-electron chi connectivity index (χ3n) is 3.57. The highest BCUT2D eigenvalue weighted by molar-refractivity contribution is 5.05. The highest BCUT2D eigenvalue weighted by Gasteiger charge is 2.57. The van der Waals surface area contributed by atoms with Crippen molar-refractivity contribution < 1.29 is 0 Å². The van der Waals surface area contributed by atoms with Gasteiger partial charge in [0.25, 0.3) is 0 Å².